The molecule has 0 saturated carbocycles. The van der Waals surface area contributed by atoms with Gasteiger partial charge in [0, 0.05) is 36.6 Å². The van der Waals surface area contributed by atoms with Gasteiger partial charge in [-0.2, -0.15) is 0 Å². The molecule has 2 aromatic rings. The van der Waals surface area contributed by atoms with Crippen LogP contribution in [-0.2, 0) is 11.3 Å². The molecule has 1 aliphatic heterocycles. The lowest BCUT2D eigenvalue weighted by atomic mass is 10.1. The average molecular weight is 375 g/mol. The van der Waals surface area contributed by atoms with E-state index < -0.39 is 0 Å². The summed E-state index contributed by atoms with van der Waals surface area (Å²) in [5.41, 5.74) is 0.488. The SMILES string of the molecule is CC(C(=O)NCc1cccs1)N1CCN(C(=O)c2ccc(F)cc2)CC1. The van der Waals surface area contributed by atoms with E-state index in [9.17, 15) is 14.0 Å². The normalized spacial score (nSPS) is 16.3. The van der Waals surface area contributed by atoms with Crippen LogP contribution in [0.15, 0.2) is 41.8 Å². The maximum atomic E-state index is 13.0. The molecule has 2 heterocycles. The number of hydrogen-bond donors (Lipinski definition) is 1. The quantitative estimate of drug-likeness (QED) is 0.873. The highest BCUT2D eigenvalue weighted by molar-refractivity contribution is 7.09. The van der Waals surface area contributed by atoms with Crippen LogP contribution in [0.1, 0.15) is 22.2 Å². The number of amides is 2. The predicted molar refractivity (Wildman–Crippen MR) is 99.5 cm³/mol. The van der Waals surface area contributed by atoms with Gasteiger partial charge in [0.1, 0.15) is 5.82 Å². The van der Waals surface area contributed by atoms with Crippen molar-refractivity contribution in [2.45, 2.75) is 19.5 Å². The molecule has 2 amide bonds. The predicted octanol–water partition coefficient (Wildman–Crippen LogP) is 2.35. The van der Waals surface area contributed by atoms with Gasteiger partial charge in [-0.05, 0) is 42.6 Å². The first-order valence-corrected chi connectivity index (χ1v) is 9.51. The van der Waals surface area contributed by atoms with Crippen molar-refractivity contribution in [3.8, 4) is 0 Å². The largest absolute Gasteiger partial charge is 0.350 e. The molecular weight excluding hydrogens is 353 g/mol. The molecule has 0 spiro atoms. The third-order valence-electron chi connectivity index (χ3n) is 4.64. The second-order valence-corrected chi connectivity index (χ2v) is 7.34. The van der Waals surface area contributed by atoms with Crippen LogP contribution in [0.25, 0.3) is 0 Å². The number of hydrogen-bond acceptors (Lipinski definition) is 4. The number of nitrogens with zero attached hydrogens (tertiary/aromatic N) is 2. The zero-order valence-corrected chi connectivity index (χ0v) is 15.5. The standard InChI is InChI=1S/C19H22FN3O2S/c1-14(18(24)21-13-17-3-2-12-26-17)22-8-10-23(11-9-22)19(25)15-4-6-16(20)7-5-15/h2-7,12,14H,8-11,13H2,1H3,(H,21,24). The smallest absolute Gasteiger partial charge is 0.253 e. The fraction of sp³-hybridized carbons (Fsp3) is 0.368. The van der Waals surface area contributed by atoms with E-state index >= 15 is 0 Å². The maximum Gasteiger partial charge on any atom is 0.253 e. The molecule has 1 fully saturated rings. The Morgan fingerprint density at radius 3 is 2.46 bits per heavy atom. The van der Waals surface area contributed by atoms with Crippen LogP contribution in [0, 0.1) is 5.82 Å². The van der Waals surface area contributed by atoms with Crippen LogP contribution < -0.4 is 5.32 Å². The van der Waals surface area contributed by atoms with E-state index in [1.807, 2.05) is 24.4 Å². The lowest BCUT2D eigenvalue weighted by molar-refractivity contribution is -0.126. The molecule has 138 valence electrons. The molecule has 7 heteroatoms. The Morgan fingerprint density at radius 1 is 1.15 bits per heavy atom. The van der Waals surface area contributed by atoms with Gasteiger partial charge in [0.25, 0.3) is 5.91 Å². The highest BCUT2D eigenvalue weighted by Crippen LogP contribution is 2.12. The third-order valence-corrected chi connectivity index (χ3v) is 5.51. The number of carbonyl (C=O) groups is 2. The van der Waals surface area contributed by atoms with Crippen molar-refractivity contribution in [2.24, 2.45) is 0 Å². The lowest BCUT2D eigenvalue weighted by Crippen LogP contribution is -2.54. The zero-order valence-electron chi connectivity index (χ0n) is 14.7. The van der Waals surface area contributed by atoms with Crippen molar-refractivity contribution in [3.05, 3.63) is 58.0 Å². The van der Waals surface area contributed by atoms with E-state index in [1.165, 1.54) is 24.3 Å². The highest BCUT2D eigenvalue weighted by Gasteiger charge is 2.27. The first-order valence-electron chi connectivity index (χ1n) is 8.63. The van der Waals surface area contributed by atoms with Gasteiger partial charge in [0.15, 0.2) is 0 Å². The van der Waals surface area contributed by atoms with E-state index in [0.717, 1.165) is 4.88 Å². The van der Waals surface area contributed by atoms with Crippen LogP contribution in [0.4, 0.5) is 4.39 Å². The van der Waals surface area contributed by atoms with Gasteiger partial charge in [-0.25, -0.2) is 4.39 Å². The molecule has 0 radical (unpaired) electrons. The molecule has 0 aliphatic carbocycles. The molecular formula is C19H22FN3O2S. The number of thiophene rings is 1. The zero-order chi connectivity index (χ0) is 18.5. The Balaban J connectivity index is 1.48. The van der Waals surface area contributed by atoms with Crippen LogP contribution in [0.3, 0.4) is 0 Å². The van der Waals surface area contributed by atoms with Crippen molar-refractivity contribution >= 4 is 23.2 Å². The first-order chi connectivity index (χ1) is 12.5. The van der Waals surface area contributed by atoms with Crippen LogP contribution in [-0.4, -0.2) is 53.8 Å². The van der Waals surface area contributed by atoms with Crippen molar-refractivity contribution in [3.63, 3.8) is 0 Å². The Labute approximate surface area is 156 Å². The first kappa shape index (κ1) is 18.5. The number of rotatable bonds is 5. The number of benzene rings is 1. The Morgan fingerprint density at radius 2 is 1.85 bits per heavy atom. The second kappa shape index (κ2) is 8.42. The summed E-state index contributed by atoms with van der Waals surface area (Å²) in [7, 11) is 0. The number of nitrogens with one attached hydrogen (secondary N) is 1. The van der Waals surface area contributed by atoms with Crippen molar-refractivity contribution in [1.82, 2.24) is 15.1 Å². The fourth-order valence-electron chi connectivity index (χ4n) is 2.99. The van der Waals surface area contributed by atoms with Gasteiger partial charge in [-0.1, -0.05) is 6.07 Å². The number of halogens is 1. The summed E-state index contributed by atoms with van der Waals surface area (Å²) in [5, 5.41) is 4.95. The van der Waals surface area contributed by atoms with Gasteiger partial charge >= 0.3 is 0 Å². The summed E-state index contributed by atoms with van der Waals surface area (Å²) in [6.07, 6.45) is 0. The maximum absolute atomic E-state index is 13.0. The third kappa shape index (κ3) is 4.47. The molecule has 1 unspecified atom stereocenters. The summed E-state index contributed by atoms with van der Waals surface area (Å²) >= 11 is 1.62. The van der Waals surface area contributed by atoms with Crippen LogP contribution in [0.2, 0.25) is 0 Å². The van der Waals surface area contributed by atoms with E-state index in [4.69, 9.17) is 0 Å². The topological polar surface area (TPSA) is 52.7 Å². The fourth-order valence-corrected chi connectivity index (χ4v) is 3.63. The molecule has 1 saturated heterocycles. The molecule has 1 atom stereocenters. The average Bonchev–Trinajstić information content (AvgIpc) is 3.19. The molecule has 26 heavy (non-hydrogen) atoms. The summed E-state index contributed by atoms with van der Waals surface area (Å²) in [5.74, 6) is -0.454. The molecule has 0 bridgehead atoms. The molecule has 1 aromatic heterocycles. The second-order valence-electron chi connectivity index (χ2n) is 6.31. The Bertz CT molecular complexity index is 741. The number of piperazine rings is 1. The molecule has 5 nitrogen and oxygen atoms in total. The van der Waals surface area contributed by atoms with Crippen molar-refractivity contribution < 1.29 is 14.0 Å². The minimum Gasteiger partial charge on any atom is -0.350 e. The minimum atomic E-state index is -0.353. The van der Waals surface area contributed by atoms with Crippen molar-refractivity contribution in [2.75, 3.05) is 26.2 Å². The van der Waals surface area contributed by atoms with Crippen LogP contribution in [0.5, 0.6) is 0 Å². The number of carbonyl (C=O) groups excluding carboxylic acids is 2. The van der Waals surface area contributed by atoms with Crippen molar-refractivity contribution in [1.29, 1.82) is 0 Å². The Kier molecular flexibility index (Phi) is 6.00. The van der Waals surface area contributed by atoms with E-state index in [0.29, 0.717) is 38.3 Å². The monoisotopic (exact) mass is 375 g/mol. The van der Waals surface area contributed by atoms with Gasteiger partial charge < -0.3 is 10.2 Å². The van der Waals surface area contributed by atoms with Crippen LogP contribution >= 0.6 is 11.3 Å². The summed E-state index contributed by atoms with van der Waals surface area (Å²) in [6, 6.07) is 9.32. The molecule has 3 rings (SSSR count). The Hall–Kier alpha value is -2.25. The summed E-state index contributed by atoms with van der Waals surface area (Å²) in [4.78, 5) is 29.8. The van der Waals surface area contributed by atoms with Gasteiger partial charge in [-0.15, -0.1) is 11.3 Å². The van der Waals surface area contributed by atoms with E-state index in [1.54, 1.807) is 16.2 Å². The summed E-state index contributed by atoms with van der Waals surface area (Å²) < 4.78 is 13.0. The lowest BCUT2D eigenvalue weighted by Gasteiger charge is -2.37. The molecule has 1 aliphatic rings. The minimum absolute atomic E-state index is 0.00305. The van der Waals surface area contributed by atoms with Gasteiger partial charge in [0.05, 0.1) is 12.6 Å². The summed E-state index contributed by atoms with van der Waals surface area (Å²) in [6.45, 7) is 4.82. The van der Waals surface area contributed by atoms with Gasteiger partial charge in [-0.3, -0.25) is 14.5 Å². The van der Waals surface area contributed by atoms with E-state index in [-0.39, 0.29) is 23.7 Å². The van der Waals surface area contributed by atoms with Gasteiger partial charge in [0.2, 0.25) is 5.91 Å². The van der Waals surface area contributed by atoms with E-state index in [2.05, 4.69) is 10.2 Å². The molecule has 1 aromatic carbocycles. The molecule has 1 N–H and O–H groups in total. The highest BCUT2D eigenvalue weighted by atomic mass is 32.1.